The lowest BCUT2D eigenvalue weighted by atomic mass is 10.2. The third kappa shape index (κ3) is 3.19. The Hall–Kier alpha value is -2.15. The Morgan fingerprint density at radius 3 is 2.84 bits per heavy atom. The zero-order valence-electron chi connectivity index (χ0n) is 11.2. The average Bonchev–Trinajstić information content (AvgIpc) is 2.85. The molecule has 0 atom stereocenters. The first-order valence-electron chi connectivity index (χ1n) is 6.04. The maximum atomic E-state index is 11.1. The van der Waals surface area contributed by atoms with Crippen molar-refractivity contribution in [2.75, 3.05) is 6.61 Å². The van der Waals surface area contributed by atoms with Gasteiger partial charge in [0.25, 0.3) is 0 Å². The molecular formula is C12H17N5O2. The van der Waals surface area contributed by atoms with Gasteiger partial charge in [-0.1, -0.05) is 0 Å². The summed E-state index contributed by atoms with van der Waals surface area (Å²) >= 11 is 0. The molecule has 0 saturated carbocycles. The van der Waals surface area contributed by atoms with Crippen LogP contribution in [0.3, 0.4) is 0 Å². The van der Waals surface area contributed by atoms with Gasteiger partial charge >= 0.3 is 0 Å². The standard InChI is InChI=1S/C12H17N5O2/c1-8(2)17-11(14-15-16-17)7-19-12-5-4-10(6-13-12)9(3)18/h4-6,8,15-16H,7H2,1-3H3. The van der Waals surface area contributed by atoms with Crippen molar-refractivity contribution in [3.8, 4) is 5.88 Å². The lowest BCUT2D eigenvalue weighted by molar-refractivity contribution is 0.101. The van der Waals surface area contributed by atoms with Crippen molar-refractivity contribution >= 4 is 11.6 Å². The van der Waals surface area contributed by atoms with E-state index < -0.39 is 0 Å². The summed E-state index contributed by atoms with van der Waals surface area (Å²) in [6, 6.07) is 3.62. The Morgan fingerprint density at radius 2 is 2.26 bits per heavy atom. The number of hydrogen-bond acceptors (Lipinski definition) is 7. The van der Waals surface area contributed by atoms with E-state index in [0.29, 0.717) is 18.1 Å². The molecule has 7 heteroatoms. The Labute approximate surface area is 111 Å². The molecule has 1 aliphatic rings. The topological polar surface area (TPSA) is 78.8 Å². The predicted octanol–water partition coefficient (Wildman–Crippen LogP) is 0.710. The number of ketones is 1. The molecule has 2 rings (SSSR count). The van der Waals surface area contributed by atoms with Crippen molar-refractivity contribution in [3.63, 3.8) is 0 Å². The number of hydrazone groups is 1. The van der Waals surface area contributed by atoms with E-state index in [1.54, 1.807) is 12.1 Å². The molecule has 2 N–H and O–H groups in total. The fourth-order valence-electron chi connectivity index (χ4n) is 1.60. The lowest BCUT2D eigenvalue weighted by Crippen LogP contribution is -2.46. The fraction of sp³-hybridized carbons (Fsp3) is 0.417. The van der Waals surface area contributed by atoms with Crippen LogP contribution in [0.1, 0.15) is 31.1 Å². The third-order valence-electron chi connectivity index (χ3n) is 2.64. The smallest absolute Gasteiger partial charge is 0.213 e. The minimum absolute atomic E-state index is 0.0152. The molecule has 1 aromatic rings. The second-order valence-electron chi connectivity index (χ2n) is 4.45. The molecule has 0 radical (unpaired) electrons. The van der Waals surface area contributed by atoms with Gasteiger partial charge < -0.3 is 4.74 Å². The van der Waals surface area contributed by atoms with E-state index in [4.69, 9.17) is 4.74 Å². The normalized spacial score (nSPS) is 14.3. The van der Waals surface area contributed by atoms with Crippen LogP contribution in [-0.4, -0.2) is 34.3 Å². The summed E-state index contributed by atoms with van der Waals surface area (Å²) in [6.07, 6.45) is 1.50. The number of amidine groups is 1. The van der Waals surface area contributed by atoms with Gasteiger partial charge in [-0.2, -0.15) is 0 Å². The number of aromatic nitrogens is 1. The van der Waals surface area contributed by atoms with Crippen molar-refractivity contribution < 1.29 is 9.53 Å². The van der Waals surface area contributed by atoms with E-state index in [1.165, 1.54) is 13.1 Å². The molecule has 0 aliphatic carbocycles. The van der Waals surface area contributed by atoms with E-state index in [0.717, 1.165) is 5.84 Å². The number of carbonyl (C=O) groups is 1. The number of hydrogen-bond donors (Lipinski definition) is 2. The van der Waals surface area contributed by atoms with Crippen molar-refractivity contribution in [2.24, 2.45) is 5.10 Å². The lowest BCUT2D eigenvalue weighted by Gasteiger charge is -2.22. The highest BCUT2D eigenvalue weighted by atomic mass is 16.5. The number of nitrogens with zero attached hydrogens (tertiary/aromatic N) is 3. The Morgan fingerprint density at radius 1 is 1.47 bits per heavy atom. The van der Waals surface area contributed by atoms with Crippen molar-refractivity contribution in [1.82, 2.24) is 21.1 Å². The summed E-state index contributed by atoms with van der Waals surface area (Å²) in [4.78, 5) is 15.2. The molecule has 7 nitrogen and oxygen atoms in total. The van der Waals surface area contributed by atoms with Crippen molar-refractivity contribution in [3.05, 3.63) is 23.9 Å². The van der Waals surface area contributed by atoms with Gasteiger partial charge in [-0.3, -0.25) is 9.80 Å². The quantitative estimate of drug-likeness (QED) is 0.762. The largest absolute Gasteiger partial charge is 0.469 e. The monoisotopic (exact) mass is 263 g/mol. The molecule has 102 valence electrons. The summed E-state index contributed by atoms with van der Waals surface area (Å²) in [5, 5.41) is 5.94. The molecule has 0 fully saturated rings. The number of hydrazine groups is 2. The van der Waals surface area contributed by atoms with Crippen LogP contribution < -0.4 is 15.8 Å². The second-order valence-corrected chi connectivity index (χ2v) is 4.45. The molecule has 0 saturated heterocycles. The van der Waals surface area contributed by atoms with Gasteiger partial charge in [-0.15, -0.1) is 10.6 Å². The summed E-state index contributed by atoms with van der Waals surface area (Å²) in [5.74, 6) is 1.19. The number of nitrogens with one attached hydrogen (secondary N) is 2. The first kappa shape index (κ1) is 13.3. The predicted molar refractivity (Wildman–Crippen MR) is 70.4 cm³/mol. The van der Waals surface area contributed by atoms with E-state index in [9.17, 15) is 4.79 Å². The first-order valence-corrected chi connectivity index (χ1v) is 6.04. The maximum Gasteiger partial charge on any atom is 0.213 e. The summed E-state index contributed by atoms with van der Waals surface area (Å²) in [7, 11) is 0. The molecule has 19 heavy (non-hydrogen) atoms. The van der Waals surface area contributed by atoms with Gasteiger partial charge in [-0.05, 0) is 26.8 Å². The molecule has 1 aliphatic heterocycles. The van der Waals surface area contributed by atoms with Crippen LogP contribution in [0, 0.1) is 0 Å². The van der Waals surface area contributed by atoms with Crippen LogP contribution >= 0.6 is 0 Å². The maximum absolute atomic E-state index is 11.1. The van der Waals surface area contributed by atoms with Crippen molar-refractivity contribution in [2.45, 2.75) is 26.8 Å². The molecule has 0 aromatic carbocycles. The highest BCUT2D eigenvalue weighted by Gasteiger charge is 2.20. The van der Waals surface area contributed by atoms with Gasteiger partial charge in [0.2, 0.25) is 5.88 Å². The van der Waals surface area contributed by atoms with Crippen LogP contribution in [0.15, 0.2) is 23.4 Å². The minimum atomic E-state index is -0.0152. The molecule has 1 aromatic heterocycles. The second kappa shape index (κ2) is 5.66. The van der Waals surface area contributed by atoms with Crippen LogP contribution in [-0.2, 0) is 0 Å². The molecule has 0 unspecified atom stereocenters. The number of carbonyl (C=O) groups excluding carboxylic acids is 1. The molecule has 0 spiro atoms. The SMILES string of the molecule is CC(=O)c1ccc(OCC2=NNNN2C(C)C)nc1. The van der Waals surface area contributed by atoms with Gasteiger partial charge in [-0.25, -0.2) is 10.5 Å². The number of rotatable bonds is 5. The highest BCUT2D eigenvalue weighted by molar-refractivity contribution is 5.93. The van der Waals surface area contributed by atoms with E-state index in [1.807, 2.05) is 18.9 Å². The summed E-state index contributed by atoms with van der Waals surface area (Å²) in [5.41, 5.74) is 6.15. The Bertz CT molecular complexity index is 483. The average molecular weight is 263 g/mol. The first-order chi connectivity index (χ1) is 9.08. The van der Waals surface area contributed by atoms with Gasteiger partial charge in [0.05, 0.1) is 0 Å². The van der Waals surface area contributed by atoms with Gasteiger partial charge in [0, 0.05) is 23.9 Å². The molecule has 2 heterocycles. The zero-order valence-corrected chi connectivity index (χ0v) is 11.2. The highest BCUT2D eigenvalue weighted by Crippen LogP contribution is 2.09. The number of Topliss-reactive ketones (excluding diaryl/α,β-unsaturated/α-hetero) is 1. The molecule has 0 bridgehead atoms. The molecular weight excluding hydrogens is 246 g/mol. The van der Waals surface area contributed by atoms with Crippen LogP contribution in [0.2, 0.25) is 0 Å². The number of ether oxygens (including phenoxy) is 1. The van der Waals surface area contributed by atoms with Gasteiger partial charge in [0.15, 0.2) is 18.2 Å². The van der Waals surface area contributed by atoms with Crippen LogP contribution in [0.4, 0.5) is 0 Å². The summed E-state index contributed by atoms with van der Waals surface area (Å²) < 4.78 is 5.53. The Balaban J connectivity index is 1.93. The van der Waals surface area contributed by atoms with Crippen LogP contribution in [0.5, 0.6) is 5.88 Å². The number of pyridine rings is 1. The van der Waals surface area contributed by atoms with E-state index >= 15 is 0 Å². The van der Waals surface area contributed by atoms with Crippen molar-refractivity contribution in [1.29, 1.82) is 0 Å². The zero-order chi connectivity index (χ0) is 13.8. The summed E-state index contributed by atoms with van der Waals surface area (Å²) in [6.45, 7) is 5.87. The molecule has 0 amide bonds. The third-order valence-corrected chi connectivity index (χ3v) is 2.64. The van der Waals surface area contributed by atoms with E-state index in [2.05, 4.69) is 21.2 Å². The Kier molecular flexibility index (Phi) is 3.96. The van der Waals surface area contributed by atoms with E-state index in [-0.39, 0.29) is 11.8 Å². The van der Waals surface area contributed by atoms with Gasteiger partial charge in [0.1, 0.15) is 0 Å². The fourth-order valence-corrected chi connectivity index (χ4v) is 1.60. The minimum Gasteiger partial charge on any atom is -0.469 e. The van der Waals surface area contributed by atoms with Crippen LogP contribution in [0.25, 0.3) is 0 Å².